The van der Waals surface area contributed by atoms with E-state index in [0.29, 0.717) is 12.1 Å². The molecule has 28 heavy (non-hydrogen) atoms. The number of ether oxygens (including phenoxy) is 1. The molecule has 6 nitrogen and oxygen atoms in total. The summed E-state index contributed by atoms with van der Waals surface area (Å²) in [6.45, 7) is 5.61. The van der Waals surface area contributed by atoms with E-state index in [1.165, 1.54) is 4.90 Å². The number of amides is 1. The van der Waals surface area contributed by atoms with Gasteiger partial charge in [0.05, 0.1) is 11.3 Å². The standard InChI is InChI=1S/C22H21N3O3/c1-3-15-24(19-7-5-4-6-8-19)21(26)16-28-22(27)18-9-11-20(12-10-18)25-17(2)13-14-23-25/h3-14H,1,15-16H2,2H3. The SMILES string of the molecule is C=CCN(C(=O)COC(=O)c1ccc(-n2nccc2C)cc1)c1ccccc1. The fourth-order valence-electron chi connectivity index (χ4n) is 2.76. The Labute approximate surface area is 163 Å². The average molecular weight is 375 g/mol. The summed E-state index contributed by atoms with van der Waals surface area (Å²) in [5.74, 6) is -0.869. The summed E-state index contributed by atoms with van der Waals surface area (Å²) < 4.78 is 6.98. The summed E-state index contributed by atoms with van der Waals surface area (Å²) in [4.78, 5) is 26.3. The van der Waals surface area contributed by atoms with Gasteiger partial charge in [-0.15, -0.1) is 6.58 Å². The van der Waals surface area contributed by atoms with Crippen LogP contribution in [0.15, 0.2) is 79.5 Å². The summed E-state index contributed by atoms with van der Waals surface area (Å²) >= 11 is 0. The third-order valence-corrected chi connectivity index (χ3v) is 4.19. The lowest BCUT2D eigenvalue weighted by atomic mass is 10.2. The smallest absolute Gasteiger partial charge is 0.338 e. The van der Waals surface area contributed by atoms with Crippen LogP contribution >= 0.6 is 0 Å². The molecule has 0 saturated carbocycles. The van der Waals surface area contributed by atoms with Crippen LogP contribution in [0.2, 0.25) is 0 Å². The molecule has 0 spiro atoms. The Balaban J connectivity index is 1.63. The Hall–Kier alpha value is -3.67. The number of carbonyl (C=O) groups excluding carboxylic acids is 2. The van der Waals surface area contributed by atoms with E-state index in [1.807, 2.05) is 43.3 Å². The Morgan fingerprint density at radius 1 is 1.11 bits per heavy atom. The van der Waals surface area contributed by atoms with Gasteiger partial charge in [0.2, 0.25) is 0 Å². The molecule has 2 aromatic carbocycles. The maximum Gasteiger partial charge on any atom is 0.338 e. The molecule has 0 bridgehead atoms. The second kappa shape index (κ2) is 8.81. The highest BCUT2D eigenvalue weighted by molar-refractivity contribution is 5.97. The van der Waals surface area contributed by atoms with Gasteiger partial charge in [0, 0.05) is 24.1 Å². The maximum atomic E-state index is 12.5. The van der Waals surface area contributed by atoms with Crippen LogP contribution in [0.3, 0.4) is 0 Å². The van der Waals surface area contributed by atoms with Crippen molar-refractivity contribution >= 4 is 17.6 Å². The quantitative estimate of drug-likeness (QED) is 0.468. The van der Waals surface area contributed by atoms with Crippen molar-refractivity contribution in [3.8, 4) is 5.69 Å². The summed E-state index contributed by atoms with van der Waals surface area (Å²) in [5.41, 5.74) is 2.93. The molecular formula is C22H21N3O3. The topological polar surface area (TPSA) is 64.4 Å². The van der Waals surface area contributed by atoms with Crippen LogP contribution in [0.5, 0.6) is 0 Å². The molecule has 1 amide bonds. The fraction of sp³-hybridized carbons (Fsp3) is 0.136. The molecule has 0 saturated heterocycles. The zero-order chi connectivity index (χ0) is 19.9. The molecule has 3 rings (SSSR count). The van der Waals surface area contributed by atoms with Gasteiger partial charge in [0.25, 0.3) is 5.91 Å². The highest BCUT2D eigenvalue weighted by atomic mass is 16.5. The second-order valence-electron chi connectivity index (χ2n) is 6.14. The first-order valence-electron chi connectivity index (χ1n) is 8.84. The molecule has 0 aliphatic carbocycles. The third-order valence-electron chi connectivity index (χ3n) is 4.19. The lowest BCUT2D eigenvalue weighted by Gasteiger charge is -2.21. The molecule has 3 aromatic rings. The van der Waals surface area contributed by atoms with Crippen LogP contribution < -0.4 is 4.90 Å². The number of carbonyl (C=O) groups is 2. The lowest BCUT2D eigenvalue weighted by molar-refractivity contribution is -0.121. The van der Waals surface area contributed by atoms with Crippen molar-refractivity contribution in [3.63, 3.8) is 0 Å². The summed E-state index contributed by atoms with van der Waals surface area (Å²) in [5, 5.41) is 4.23. The van der Waals surface area contributed by atoms with E-state index in [4.69, 9.17) is 4.74 Å². The van der Waals surface area contributed by atoms with Gasteiger partial charge >= 0.3 is 5.97 Å². The monoisotopic (exact) mass is 375 g/mol. The minimum absolute atomic E-state index is 0.316. The van der Waals surface area contributed by atoms with Gasteiger partial charge in [-0.05, 0) is 49.4 Å². The van der Waals surface area contributed by atoms with E-state index in [1.54, 1.807) is 41.2 Å². The Kier molecular flexibility index (Phi) is 6.01. The van der Waals surface area contributed by atoms with E-state index in [0.717, 1.165) is 17.1 Å². The highest BCUT2D eigenvalue weighted by Crippen LogP contribution is 2.15. The molecule has 0 N–H and O–H groups in total. The summed E-state index contributed by atoms with van der Waals surface area (Å²) in [6.07, 6.45) is 3.34. The number of hydrogen-bond acceptors (Lipinski definition) is 4. The summed E-state index contributed by atoms with van der Waals surface area (Å²) in [6, 6.07) is 18.0. The number of nitrogens with zero attached hydrogens (tertiary/aromatic N) is 3. The summed E-state index contributed by atoms with van der Waals surface area (Å²) in [7, 11) is 0. The number of aromatic nitrogens is 2. The van der Waals surface area contributed by atoms with Crippen molar-refractivity contribution in [3.05, 3.63) is 90.8 Å². The number of aryl methyl sites for hydroxylation is 1. The van der Waals surface area contributed by atoms with E-state index in [9.17, 15) is 9.59 Å². The number of benzene rings is 2. The van der Waals surface area contributed by atoms with Crippen molar-refractivity contribution in [1.82, 2.24) is 9.78 Å². The van der Waals surface area contributed by atoms with Gasteiger partial charge in [-0.25, -0.2) is 9.48 Å². The molecule has 0 aliphatic heterocycles. The second-order valence-corrected chi connectivity index (χ2v) is 6.14. The average Bonchev–Trinajstić information content (AvgIpc) is 3.16. The van der Waals surface area contributed by atoms with Gasteiger partial charge in [-0.2, -0.15) is 5.10 Å². The van der Waals surface area contributed by atoms with Crippen molar-refractivity contribution in [2.75, 3.05) is 18.1 Å². The van der Waals surface area contributed by atoms with Crippen LogP contribution in [0.1, 0.15) is 16.1 Å². The van der Waals surface area contributed by atoms with E-state index < -0.39 is 5.97 Å². The number of hydrogen-bond donors (Lipinski definition) is 0. The molecule has 6 heteroatoms. The normalized spacial score (nSPS) is 10.3. The number of para-hydroxylation sites is 1. The van der Waals surface area contributed by atoms with Crippen LogP contribution in [-0.4, -0.2) is 34.8 Å². The van der Waals surface area contributed by atoms with Crippen LogP contribution in [0, 0.1) is 6.92 Å². The molecule has 0 aliphatic rings. The molecular weight excluding hydrogens is 354 g/mol. The third kappa shape index (κ3) is 4.35. The van der Waals surface area contributed by atoms with Gasteiger partial charge < -0.3 is 9.64 Å². The van der Waals surface area contributed by atoms with Crippen molar-refractivity contribution in [2.24, 2.45) is 0 Å². The van der Waals surface area contributed by atoms with Gasteiger partial charge in [-0.1, -0.05) is 24.3 Å². The minimum atomic E-state index is -0.552. The number of rotatable bonds is 7. The van der Waals surface area contributed by atoms with Gasteiger partial charge in [0.1, 0.15) is 0 Å². The van der Waals surface area contributed by atoms with E-state index >= 15 is 0 Å². The first-order valence-corrected chi connectivity index (χ1v) is 8.84. The predicted octanol–water partition coefficient (Wildman–Crippen LogP) is 3.56. The first-order chi connectivity index (χ1) is 13.6. The lowest BCUT2D eigenvalue weighted by Crippen LogP contribution is -2.34. The van der Waals surface area contributed by atoms with Crippen LogP contribution in [0.25, 0.3) is 5.69 Å². The molecule has 0 atom stereocenters. The number of anilines is 1. The molecule has 142 valence electrons. The predicted molar refractivity (Wildman–Crippen MR) is 108 cm³/mol. The molecule has 0 fully saturated rings. The van der Waals surface area contributed by atoms with Crippen LogP contribution in [0.4, 0.5) is 5.69 Å². The van der Waals surface area contributed by atoms with Crippen LogP contribution in [-0.2, 0) is 9.53 Å². The van der Waals surface area contributed by atoms with Crippen molar-refractivity contribution < 1.29 is 14.3 Å². The highest BCUT2D eigenvalue weighted by Gasteiger charge is 2.17. The van der Waals surface area contributed by atoms with Crippen molar-refractivity contribution in [2.45, 2.75) is 6.92 Å². The molecule has 1 aromatic heterocycles. The molecule has 1 heterocycles. The molecule has 0 radical (unpaired) electrons. The van der Waals surface area contributed by atoms with E-state index in [-0.39, 0.29) is 12.5 Å². The van der Waals surface area contributed by atoms with E-state index in [2.05, 4.69) is 11.7 Å². The number of esters is 1. The Morgan fingerprint density at radius 3 is 2.43 bits per heavy atom. The zero-order valence-electron chi connectivity index (χ0n) is 15.6. The fourth-order valence-corrected chi connectivity index (χ4v) is 2.76. The maximum absolute atomic E-state index is 12.5. The van der Waals surface area contributed by atoms with Gasteiger partial charge in [0.15, 0.2) is 6.61 Å². The zero-order valence-corrected chi connectivity index (χ0v) is 15.6. The van der Waals surface area contributed by atoms with Crippen molar-refractivity contribution in [1.29, 1.82) is 0 Å². The Morgan fingerprint density at radius 2 is 1.82 bits per heavy atom. The Bertz CT molecular complexity index is 962. The van der Waals surface area contributed by atoms with Gasteiger partial charge in [-0.3, -0.25) is 4.79 Å². The molecule has 0 unspecified atom stereocenters. The first kappa shape index (κ1) is 19.1. The largest absolute Gasteiger partial charge is 0.452 e. The minimum Gasteiger partial charge on any atom is -0.452 e.